The molecule has 1 fully saturated rings. The maximum Gasteiger partial charge on any atom is 0.231 e. The van der Waals surface area contributed by atoms with E-state index in [9.17, 15) is 4.79 Å². The molecular formula is C16H23BrN2O. The van der Waals surface area contributed by atoms with Gasteiger partial charge in [0.1, 0.15) is 0 Å². The average Bonchev–Trinajstić information content (AvgIpc) is 2.44. The van der Waals surface area contributed by atoms with Crippen molar-refractivity contribution in [3.63, 3.8) is 0 Å². The molecule has 1 unspecified atom stereocenters. The fourth-order valence-electron chi connectivity index (χ4n) is 2.95. The SMILES string of the molecule is CCCC1(C(=O)Nc2cc(Br)ccc2C)CCCNC1. The van der Waals surface area contributed by atoms with Crippen LogP contribution in [0.2, 0.25) is 0 Å². The first-order chi connectivity index (χ1) is 9.57. The third kappa shape index (κ3) is 3.41. The number of anilines is 1. The molecule has 4 heteroatoms. The highest BCUT2D eigenvalue weighted by Crippen LogP contribution is 2.33. The molecule has 0 aromatic heterocycles. The summed E-state index contributed by atoms with van der Waals surface area (Å²) in [6.45, 7) is 5.98. The van der Waals surface area contributed by atoms with E-state index in [0.717, 1.165) is 54.5 Å². The van der Waals surface area contributed by atoms with Crippen LogP contribution >= 0.6 is 15.9 Å². The van der Waals surface area contributed by atoms with Crippen LogP contribution in [0, 0.1) is 12.3 Å². The molecule has 0 aliphatic carbocycles. The number of hydrogen-bond donors (Lipinski definition) is 2. The van der Waals surface area contributed by atoms with E-state index in [0.29, 0.717) is 0 Å². The lowest BCUT2D eigenvalue weighted by Gasteiger charge is -2.36. The largest absolute Gasteiger partial charge is 0.325 e. The van der Waals surface area contributed by atoms with Crippen LogP contribution in [0.3, 0.4) is 0 Å². The Balaban J connectivity index is 2.18. The Kier molecular flexibility index (Phi) is 5.22. The standard InChI is InChI=1S/C16H23BrN2O/c1-3-7-16(8-4-9-18-11-16)15(20)19-14-10-13(17)6-5-12(14)2/h5-6,10,18H,3-4,7-9,11H2,1-2H3,(H,19,20). The Hall–Kier alpha value is -0.870. The first kappa shape index (κ1) is 15.5. The number of hydrogen-bond acceptors (Lipinski definition) is 2. The Morgan fingerprint density at radius 1 is 1.50 bits per heavy atom. The molecule has 0 spiro atoms. The molecular weight excluding hydrogens is 316 g/mol. The van der Waals surface area contributed by atoms with Crippen LogP contribution in [0.5, 0.6) is 0 Å². The van der Waals surface area contributed by atoms with Crippen LogP contribution in [-0.2, 0) is 4.79 Å². The van der Waals surface area contributed by atoms with Gasteiger partial charge in [0.05, 0.1) is 5.41 Å². The summed E-state index contributed by atoms with van der Waals surface area (Å²) in [6.07, 6.45) is 4.03. The number of carbonyl (C=O) groups is 1. The van der Waals surface area contributed by atoms with Gasteiger partial charge >= 0.3 is 0 Å². The molecule has 2 rings (SSSR count). The summed E-state index contributed by atoms with van der Waals surface area (Å²) in [5.74, 6) is 0.160. The van der Waals surface area contributed by atoms with Gasteiger partial charge in [-0.15, -0.1) is 0 Å². The number of amides is 1. The van der Waals surface area contributed by atoms with Crippen molar-refractivity contribution in [1.82, 2.24) is 5.32 Å². The second-order valence-corrected chi connectivity index (χ2v) is 6.64. The summed E-state index contributed by atoms with van der Waals surface area (Å²) in [6, 6.07) is 5.99. The van der Waals surface area contributed by atoms with E-state index in [1.807, 2.05) is 25.1 Å². The lowest BCUT2D eigenvalue weighted by molar-refractivity contribution is -0.127. The van der Waals surface area contributed by atoms with Gasteiger partial charge in [0.25, 0.3) is 0 Å². The number of rotatable bonds is 4. The van der Waals surface area contributed by atoms with Crippen molar-refractivity contribution >= 4 is 27.5 Å². The second kappa shape index (κ2) is 6.72. The molecule has 20 heavy (non-hydrogen) atoms. The summed E-state index contributed by atoms with van der Waals surface area (Å²) in [5.41, 5.74) is 1.75. The van der Waals surface area contributed by atoms with E-state index >= 15 is 0 Å². The number of benzene rings is 1. The van der Waals surface area contributed by atoms with Crippen LogP contribution in [0.1, 0.15) is 38.2 Å². The molecule has 1 atom stereocenters. The van der Waals surface area contributed by atoms with Gasteiger partial charge < -0.3 is 10.6 Å². The topological polar surface area (TPSA) is 41.1 Å². The van der Waals surface area contributed by atoms with Gasteiger partial charge in [-0.3, -0.25) is 4.79 Å². The van der Waals surface area contributed by atoms with Crippen LogP contribution in [0.4, 0.5) is 5.69 Å². The van der Waals surface area contributed by atoms with Gasteiger partial charge in [-0.25, -0.2) is 0 Å². The van der Waals surface area contributed by atoms with Crippen molar-refractivity contribution in [3.8, 4) is 0 Å². The number of piperidine rings is 1. The van der Waals surface area contributed by atoms with Crippen molar-refractivity contribution in [2.24, 2.45) is 5.41 Å². The third-order valence-electron chi connectivity index (χ3n) is 4.13. The maximum absolute atomic E-state index is 12.8. The Morgan fingerprint density at radius 2 is 2.30 bits per heavy atom. The zero-order valence-electron chi connectivity index (χ0n) is 12.3. The summed E-state index contributed by atoms with van der Waals surface area (Å²) < 4.78 is 0.990. The van der Waals surface area contributed by atoms with E-state index in [2.05, 4.69) is 33.5 Å². The predicted octanol–water partition coefficient (Wildman–Crippen LogP) is 3.87. The molecule has 3 nitrogen and oxygen atoms in total. The zero-order chi connectivity index (χ0) is 14.6. The number of aryl methyl sites for hydroxylation is 1. The predicted molar refractivity (Wildman–Crippen MR) is 87.0 cm³/mol. The van der Waals surface area contributed by atoms with Crippen molar-refractivity contribution < 1.29 is 4.79 Å². The highest BCUT2D eigenvalue weighted by molar-refractivity contribution is 9.10. The van der Waals surface area contributed by atoms with Crippen molar-refractivity contribution in [2.75, 3.05) is 18.4 Å². The van der Waals surface area contributed by atoms with Crippen molar-refractivity contribution in [1.29, 1.82) is 0 Å². The smallest absolute Gasteiger partial charge is 0.231 e. The van der Waals surface area contributed by atoms with Gasteiger partial charge in [-0.1, -0.05) is 35.3 Å². The summed E-state index contributed by atoms with van der Waals surface area (Å²) in [7, 11) is 0. The number of nitrogens with one attached hydrogen (secondary N) is 2. The fourth-order valence-corrected chi connectivity index (χ4v) is 3.31. The quantitative estimate of drug-likeness (QED) is 0.874. The number of carbonyl (C=O) groups excluding carboxylic acids is 1. The normalized spacial score (nSPS) is 22.6. The average molecular weight is 339 g/mol. The minimum absolute atomic E-state index is 0.160. The van der Waals surface area contributed by atoms with Crippen molar-refractivity contribution in [3.05, 3.63) is 28.2 Å². The molecule has 1 aliphatic rings. The number of halogens is 1. The second-order valence-electron chi connectivity index (χ2n) is 5.72. The monoisotopic (exact) mass is 338 g/mol. The Labute approximate surface area is 129 Å². The maximum atomic E-state index is 12.8. The summed E-state index contributed by atoms with van der Waals surface area (Å²) in [5, 5.41) is 6.52. The Bertz CT molecular complexity index is 476. The van der Waals surface area contributed by atoms with Gasteiger partial charge in [0.2, 0.25) is 5.91 Å². The third-order valence-corrected chi connectivity index (χ3v) is 4.62. The zero-order valence-corrected chi connectivity index (χ0v) is 13.8. The minimum Gasteiger partial charge on any atom is -0.325 e. The highest BCUT2D eigenvalue weighted by Gasteiger charge is 2.38. The van der Waals surface area contributed by atoms with Crippen molar-refractivity contribution in [2.45, 2.75) is 39.5 Å². The first-order valence-corrected chi connectivity index (χ1v) is 8.15. The Morgan fingerprint density at radius 3 is 2.95 bits per heavy atom. The van der Waals surface area contributed by atoms with Gasteiger partial charge in [-0.05, 0) is 50.4 Å². The first-order valence-electron chi connectivity index (χ1n) is 7.36. The molecule has 0 saturated carbocycles. The molecule has 1 aromatic rings. The van der Waals surface area contributed by atoms with Gasteiger partial charge in [0, 0.05) is 16.7 Å². The molecule has 1 amide bonds. The molecule has 0 bridgehead atoms. The van der Waals surface area contributed by atoms with Crippen LogP contribution < -0.4 is 10.6 Å². The van der Waals surface area contributed by atoms with E-state index in [4.69, 9.17) is 0 Å². The van der Waals surface area contributed by atoms with E-state index in [1.165, 1.54) is 0 Å². The highest BCUT2D eigenvalue weighted by atomic mass is 79.9. The van der Waals surface area contributed by atoms with E-state index < -0.39 is 0 Å². The minimum atomic E-state index is -0.248. The van der Waals surface area contributed by atoms with Crippen LogP contribution in [-0.4, -0.2) is 19.0 Å². The molecule has 1 saturated heterocycles. The van der Waals surface area contributed by atoms with Gasteiger partial charge in [-0.2, -0.15) is 0 Å². The molecule has 0 radical (unpaired) electrons. The lowest BCUT2D eigenvalue weighted by Crippen LogP contribution is -2.48. The molecule has 2 N–H and O–H groups in total. The van der Waals surface area contributed by atoms with Crippen LogP contribution in [0.25, 0.3) is 0 Å². The fraction of sp³-hybridized carbons (Fsp3) is 0.562. The summed E-state index contributed by atoms with van der Waals surface area (Å²) >= 11 is 3.46. The van der Waals surface area contributed by atoms with E-state index in [1.54, 1.807) is 0 Å². The van der Waals surface area contributed by atoms with Crippen LogP contribution in [0.15, 0.2) is 22.7 Å². The molecule has 1 heterocycles. The molecule has 1 aromatic carbocycles. The molecule has 1 aliphatic heterocycles. The van der Waals surface area contributed by atoms with Gasteiger partial charge in [0.15, 0.2) is 0 Å². The van der Waals surface area contributed by atoms with E-state index in [-0.39, 0.29) is 11.3 Å². The summed E-state index contributed by atoms with van der Waals surface area (Å²) in [4.78, 5) is 12.8. The lowest BCUT2D eigenvalue weighted by atomic mass is 9.76. The molecule has 110 valence electrons.